The number of carbonyl (C=O) groups is 1. The minimum absolute atomic E-state index is 0.0157. The number of benzene rings is 1. The molecule has 0 radical (unpaired) electrons. The molecule has 0 saturated heterocycles. The molecular weight excluding hydrogens is 323 g/mol. The van der Waals surface area contributed by atoms with Crippen LogP contribution >= 0.6 is 0 Å². The first-order valence-corrected chi connectivity index (χ1v) is 7.94. The van der Waals surface area contributed by atoms with Gasteiger partial charge < -0.3 is 9.47 Å². The third kappa shape index (κ3) is 4.79. The lowest BCUT2D eigenvalue weighted by Gasteiger charge is -2.14. The quantitative estimate of drug-likeness (QED) is 0.719. The smallest absolute Gasteiger partial charge is 0.251 e. The zero-order chi connectivity index (χ0) is 18.2. The summed E-state index contributed by atoms with van der Waals surface area (Å²) in [6.45, 7) is 2.63. The lowest BCUT2D eigenvalue weighted by Crippen LogP contribution is -2.25. The summed E-state index contributed by atoms with van der Waals surface area (Å²) in [6, 6.07) is 8.12. The molecule has 25 heavy (non-hydrogen) atoms. The van der Waals surface area contributed by atoms with Crippen LogP contribution in [0.2, 0.25) is 0 Å². The number of pyridine rings is 1. The molecule has 132 valence electrons. The van der Waals surface area contributed by atoms with Crippen LogP contribution in [0, 0.1) is 5.82 Å². The van der Waals surface area contributed by atoms with Crippen LogP contribution in [-0.4, -0.2) is 31.7 Å². The highest BCUT2D eigenvalue weighted by Crippen LogP contribution is 2.28. The molecule has 0 aliphatic heterocycles. The fourth-order valence-electron chi connectivity index (χ4n) is 2.13. The Hall–Kier alpha value is -2.89. The van der Waals surface area contributed by atoms with Gasteiger partial charge in [0.05, 0.1) is 13.7 Å². The van der Waals surface area contributed by atoms with E-state index in [1.54, 1.807) is 25.3 Å². The van der Waals surface area contributed by atoms with Crippen molar-refractivity contribution in [1.29, 1.82) is 0 Å². The molecule has 0 atom stereocenters. The Kier molecular flexibility index (Phi) is 6.51. The van der Waals surface area contributed by atoms with E-state index in [-0.39, 0.29) is 11.7 Å². The van der Waals surface area contributed by atoms with Gasteiger partial charge in [0, 0.05) is 19.3 Å². The van der Waals surface area contributed by atoms with Crippen molar-refractivity contribution in [2.75, 3.05) is 25.7 Å². The number of likely N-dealkylation sites (N-methyl/N-ethyl adjacent to an activating group) is 1. The van der Waals surface area contributed by atoms with Crippen LogP contribution in [-0.2, 0) is 4.79 Å². The van der Waals surface area contributed by atoms with E-state index in [4.69, 9.17) is 9.47 Å². The number of ether oxygens (including phenoxy) is 2. The second-order valence-corrected chi connectivity index (χ2v) is 5.30. The average molecular weight is 344 g/mol. The molecule has 2 aromatic rings. The summed E-state index contributed by atoms with van der Waals surface area (Å²) in [6.07, 6.45) is 5.32. The van der Waals surface area contributed by atoms with E-state index in [0.717, 1.165) is 16.9 Å². The number of nitrogens with zero attached hydrogens (tertiary/aromatic N) is 2. The molecule has 0 saturated carbocycles. The number of aromatic nitrogens is 1. The van der Waals surface area contributed by atoms with Gasteiger partial charge in [-0.15, -0.1) is 0 Å². The van der Waals surface area contributed by atoms with Crippen LogP contribution in [0.3, 0.4) is 0 Å². The van der Waals surface area contributed by atoms with E-state index in [0.29, 0.717) is 18.1 Å². The first kappa shape index (κ1) is 18.4. The molecular formula is C19H21FN2O3. The largest absolute Gasteiger partial charge is 0.493 e. The van der Waals surface area contributed by atoms with Gasteiger partial charge in [-0.1, -0.05) is 13.0 Å². The number of rotatable bonds is 7. The zero-order valence-electron chi connectivity index (χ0n) is 14.5. The second-order valence-electron chi connectivity index (χ2n) is 5.30. The van der Waals surface area contributed by atoms with Crippen LogP contribution in [0.5, 0.6) is 11.5 Å². The van der Waals surface area contributed by atoms with Crippen molar-refractivity contribution in [3.8, 4) is 11.5 Å². The summed E-state index contributed by atoms with van der Waals surface area (Å²) >= 11 is 0. The van der Waals surface area contributed by atoms with E-state index in [1.807, 2.05) is 13.0 Å². The molecule has 1 amide bonds. The highest BCUT2D eigenvalue weighted by molar-refractivity contribution is 6.02. The van der Waals surface area contributed by atoms with Crippen molar-refractivity contribution in [3.05, 3.63) is 54.0 Å². The number of carbonyl (C=O) groups excluding carboxylic acids is 1. The van der Waals surface area contributed by atoms with Crippen molar-refractivity contribution < 1.29 is 18.7 Å². The van der Waals surface area contributed by atoms with Crippen LogP contribution < -0.4 is 14.4 Å². The van der Waals surface area contributed by atoms with Gasteiger partial charge in [-0.3, -0.25) is 9.69 Å². The van der Waals surface area contributed by atoms with Crippen LogP contribution in [0.15, 0.2) is 42.6 Å². The molecule has 0 N–H and O–H groups in total. The maximum absolute atomic E-state index is 13.7. The zero-order valence-corrected chi connectivity index (χ0v) is 14.5. The van der Waals surface area contributed by atoms with Gasteiger partial charge in [-0.25, -0.2) is 9.37 Å². The Morgan fingerprint density at radius 1 is 1.32 bits per heavy atom. The van der Waals surface area contributed by atoms with Gasteiger partial charge >= 0.3 is 0 Å². The Labute approximate surface area is 146 Å². The molecule has 0 aliphatic carbocycles. The fourth-order valence-corrected chi connectivity index (χ4v) is 2.13. The highest BCUT2D eigenvalue weighted by Gasteiger charge is 2.13. The number of hydrogen-bond acceptors (Lipinski definition) is 4. The first-order valence-electron chi connectivity index (χ1n) is 7.94. The van der Waals surface area contributed by atoms with Gasteiger partial charge in [0.25, 0.3) is 5.91 Å². The standard InChI is InChI=1S/C19H21FN2O3/c1-4-12-25-16-9-7-14(13-17(16)24-3)8-10-18(23)22(2)19-15(20)6-5-11-21-19/h5-11,13H,4,12H2,1-3H3/b10-8+. The third-order valence-corrected chi connectivity index (χ3v) is 3.46. The maximum atomic E-state index is 13.7. The third-order valence-electron chi connectivity index (χ3n) is 3.46. The SMILES string of the molecule is CCCOc1ccc(/C=C/C(=O)N(C)c2ncccc2F)cc1OC. The predicted octanol–water partition coefficient (Wildman–Crippen LogP) is 3.69. The number of hydrogen-bond donors (Lipinski definition) is 0. The highest BCUT2D eigenvalue weighted by atomic mass is 19.1. The van der Waals surface area contributed by atoms with E-state index < -0.39 is 5.82 Å². The number of amides is 1. The number of anilines is 1. The summed E-state index contributed by atoms with van der Waals surface area (Å²) in [5.74, 6) is 0.291. The normalized spacial score (nSPS) is 10.7. The van der Waals surface area contributed by atoms with E-state index >= 15 is 0 Å². The Bertz CT molecular complexity index is 762. The van der Waals surface area contributed by atoms with Gasteiger partial charge in [0.2, 0.25) is 0 Å². The molecule has 1 heterocycles. The predicted molar refractivity (Wildman–Crippen MR) is 95.4 cm³/mol. The van der Waals surface area contributed by atoms with E-state index in [9.17, 15) is 9.18 Å². The van der Waals surface area contributed by atoms with Gasteiger partial charge in [0.1, 0.15) is 0 Å². The van der Waals surface area contributed by atoms with Crippen molar-refractivity contribution in [2.24, 2.45) is 0 Å². The summed E-state index contributed by atoms with van der Waals surface area (Å²) < 4.78 is 24.6. The monoisotopic (exact) mass is 344 g/mol. The summed E-state index contributed by atoms with van der Waals surface area (Å²) in [5.41, 5.74) is 0.768. The van der Waals surface area contributed by atoms with Crippen molar-refractivity contribution in [1.82, 2.24) is 4.98 Å². The maximum Gasteiger partial charge on any atom is 0.251 e. The summed E-state index contributed by atoms with van der Waals surface area (Å²) in [5, 5.41) is 0. The molecule has 0 bridgehead atoms. The number of halogens is 1. The second kappa shape index (κ2) is 8.82. The molecule has 1 aromatic carbocycles. The van der Waals surface area contributed by atoms with Crippen LogP contribution in [0.25, 0.3) is 6.08 Å². The lowest BCUT2D eigenvalue weighted by molar-refractivity contribution is -0.113. The van der Waals surface area contributed by atoms with Crippen LogP contribution in [0.1, 0.15) is 18.9 Å². The average Bonchev–Trinajstić information content (AvgIpc) is 2.64. The molecule has 0 aliphatic rings. The Morgan fingerprint density at radius 3 is 2.80 bits per heavy atom. The van der Waals surface area contributed by atoms with Crippen molar-refractivity contribution >= 4 is 17.8 Å². The van der Waals surface area contributed by atoms with Crippen LogP contribution in [0.4, 0.5) is 10.2 Å². The minimum atomic E-state index is -0.550. The summed E-state index contributed by atoms with van der Waals surface area (Å²) in [7, 11) is 3.03. The van der Waals surface area contributed by atoms with E-state index in [1.165, 1.54) is 31.5 Å². The van der Waals surface area contributed by atoms with Gasteiger partial charge in [-0.2, -0.15) is 0 Å². The van der Waals surface area contributed by atoms with Crippen molar-refractivity contribution in [2.45, 2.75) is 13.3 Å². The Balaban J connectivity index is 2.12. The minimum Gasteiger partial charge on any atom is -0.493 e. The first-order chi connectivity index (χ1) is 12.1. The molecule has 6 heteroatoms. The molecule has 2 rings (SSSR count). The molecule has 0 unspecified atom stereocenters. The van der Waals surface area contributed by atoms with Gasteiger partial charge in [-0.05, 0) is 42.3 Å². The number of methoxy groups -OCH3 is 1. The van der Waals surface area contributed by atoms with Crippen molar-refractivity contribution in [3.63, 3.8) is 0 Å². The molecule has 0 fully saturated rings. The van der Waals surface area contributed by atoms with E-state index in [2.05, 4.69) is 4.98 Å². The lowest BCUT2D eigenvalue weighted by atomic mass is 10.2. The molecule has 1 aromatic heterocycles. The topological polar surface area (TPSA) is 51.7 Å². The molecule has 0 spiro atoms. The molecule has 5 nitrogen and oxygen atoms in total. The fraction of sp³-hybridized carbons (Fsp3) is 0.263. The summed E-state index contributed by atoms with van der Waals surface area (Å²) in [4.78, 5) is 17.2. The van der Waals surface area contributed by atoms with Gasteiger partial charge in [0.15, 0.2) is 23.1 Å². The Morgan fingerprint density at radius 2 is 2.12 bits per heavy atom.